The minimum atomic E-state index is 0.0497. The maximum absolute atomic E-state index is 12.4. The highest BCUT2D eigenvalue weighted by Crippen LogP contribution is 2.29. The van der Waals surface area contributed by atoms with Crippen LogP contribution < -0.4 is 5.32 Å². The van der Waals surface area contributed by atoms with Gasteiger partial charge in [-0.25, -0.2) is 4.98 Å². The van der Waals surface area contributed by atoms with Gasteiger partial charge in [0.1, 0.15) is 11.6 Å². The van der Waals surface area contributed by atoms with Crippen LogP contribution >= 0.6 is 11.3 Å². The highest BCUT2D eigenvalue weighted by Gasteiger charge is 2.12. The van der Waals surface area contributed by atoms with E-state index in [1.165, 1.54) is 31.3 Å². The number of benzene rings is 1. The predicted molar refractivity (Wildman–Crippen MR) is 115 cm³/mol. The van der Waals surface area contributed by atoms with E-state index in [1.54, 1.807) is 11.3 Å². The minimum absolute atomic E-state index is 0.0497. The molecule has 1 amide bonds. The van der Waals surface area contributed by atoms with Gasteiger partial charge in [0, 0.05) is 23.7 Å². The molecule has 1 aliphatic rings. The first kappa shape index (κ1) is 18.7. The lowest BCUT2D eigenvalue weighted by atomic mass is 9.97. The normalized spacial score (nSPS) is 13.9. The molecule has 4 rings (SSSR count). The number of carbonyl (C=O) groups excluding carboxylic acids is 1. The zero-order valence-electron chi connectivity index (χ0n) is 15.9. The topological polar surface area (TPSA) is 46.9 Å². The Hall–Kier alpha value is -2.66. The maximum atomic E-state index is 12.4. The van der Waals surface area contributed by atoms with Gasteiger partial charge in [0.25, 0.3) is 0 Å². The smallest absolute Gasteiger partial charge is 0.239 e. The van der Waals surface area contributed by atoms with E-state index in [0.29, 0.717) is 6.54 Å². The molecule has 4 nitrogen and oxygen atoms in total. The molecule has 5 heteroatoms. The summed E-state index contributed by atoms with van der Waals surface area (Å²) in [4.78, 5) is 17.2. The minimum Gasteiger partial charge on any atom is -0.354 e. The fourth-order valence-electron chi connectivity index (χ4n) is 3.58. The standard InChI is InChI=1S/C23H25N3OS/c27-22(24-14-13-18-8-3-1-4-9-18)16-26-15-7-12-21(26)23-25-20(17-28-23)19-10-5-2-6-11-19/h2,5-8,10-12,15,17H,1,3-4,9,13-14,16H2,(H,24,27). The van der Waals surface area contributed by atoms with Crippen molar-refractivity contribution in [1.29, 1.82) is 0 Å². The predicted octanol–water partition coefficient (Wildman–Crippen LogP) is 5.29. The summed E-state index contributed by atoms with van der Waals surface area (Å²) in [7, 11) is 0. The van der Waals surface area contributed by atoms with Gasteiger partial charge in [0.15, 0.2) is 0 Å². The van der Waals surface area contributed by atoms with Gasteiger partial charge in [0.05, 0.1) is 11.4 Å². The summed E-state index contributed by atoms with van der Waals surface area (Å²) in [6, 6.07) is 14.2. The van der Waals surface area contributed by atoms with E-state index >= 15 is 0 Å². The van der Waals surface area contributed by atoms with Gasteiger partial charge < -0.3 is 9.88 Å². The van der Waals surface area contributed by atoms with Crippen molar-refractivity contribution in [2.45, 2.75) is 38.6 Å². The molecule has 28 heavy (non-hydrogen) atoms. The molecule has 0 atom stereocenters. The van der Waals surface area contributed by atoms with Gasteiger partial charge in [-0.2, -0.15) is 0 Å². The summed E-state index contributed by atoms with van der Waals surface area (Å²) in [5.74, 6) is 0.0497. The van der Waals surface area contributed by atoms with Crippen LogP contribution in [0.25, 0.3) is 22.0 Å². The number of allylic oxidation sites excluding steroid dienone is 1. The Bertz CT molecular complexity index is 955. The van der Waals surface area contributed by atoms with E-state index in [9.17, 15) is 4.79 Å². The fraction of sp³-hybridized carbons (Fsp3) is 0.304. The molecule has 2 aromatic heterocycles. The Kier molecular flexibility index (Phi) is 6.02. The first-order chi connectivity index (χ1) is 13.8. The van der Waals surface area contributed by atoms with Crippen LogP contribution in [0.2, 0.25) is 0 Å². The third-order valence-electron chi connectivity index (χ3n) is 5.09. The number of hydrogen-bond acceptors (Lipinski definition) is 3. The molecular formula is C23H25N3OS. The molecule has 1 aliphatic carbocycles. The summed E-state index contributed by atoms with van der Waals surface area (Å²) in [6.07, 6.45) is 10.2. The molecule has 144 valence electrons. The van der Waals surface area contributed by atoms with Crippen LogP contribution in [0.4, 0.5) is 0 Å². The van der Waals surface area contributed by atoms with Crippen LogP contribution in [0, 0.1) is 0 Å². The molecule has 1 N–H and O–H groups in total. The number of thiazole rings is 1. The molecule has 0 spiro atoms. The number of nitrogens with one attached hydrogen (secondary N) is 1. The third-order valence-corrected chi connectivity index (χ3v) is 5.95. The lowest BCUT2D eigenvalue weighted by Gasteiger charge is -2.13. The van der Waals surface area contributed by atoms with Crippen molar-refractivity contribution >= 4 is 17.2 Å². The molecule has 0 aliphatic heterocycles. The summed E-state index contributed by atoms with van der Waals surface area (Å²) >= 11 is 1.61. The number of rotatable bonds is 7. The number of carbonyl (C=O) groups is 1. The van der Waals surface area contributed by atoms with Crippen LogP contribution in [0.5, 0.6) is 0 Å². The first-order valence-corrected chi connectivity index (χ1v) is 10.8. The average Bonchev–Trinajstić information content (AvgIpc) is 3.39. The van der Waals surface area contributed by atoms with Crippen molar-refractivity contribution in [3.8, 4) is 22.0 Å². The zero-order chi connectivity index (χ0) is 19.2. The Morgan fingerprint density at radius 3 is 2.86 bits per heavy atom. The van der Waals surface area contributed by atoms with Crippen LogP contribution in [-0.4, -0.2) is 22.0 Å². The van der Waals surface area contributed by atoms with E-state index in [0.717, 1.165) is 34.9 Å². The number of amides is 1. The molecule has 1 aromatic carbocycles. The Labute approximate surface area is 169 Å². The number of aromatic nitrogens is 2. The molecular weight excluding hydrogens is 366 g/mol. The SMILES string of the molecule is O=C(Cn1cccc1-c1nc(-c2ccccc2)cs1)NCCC1=CCCCC1. The molecule has 0 bridgehead atoms. The lowest BCUT2D eigenvalue weighted by Crippen LogP contribution is -2.28. The summed E-state index contributed by atoms with van der Waals surface area (Å²) in [5, 5.41) is 6.06. The summed E-state index contributed by atoms with van der Waals surface area (Å²) in [6.45, 7) is 1.04. The largest absolute Gasteiger partial charge is 0.354 e. The Balaban J connectivity index is 1.37. The quantitative estimate of drug-likeness (QED) is 0.557. The Morgan fingerprint density at radius 1 is 1.14 bits per heavy atom. The second-order valence-corrected chi connectivity index (χ2v) is 7.99. The second-order valence-electron chi connectivity index (χ2n) is 7.13. The fourth-order valence-corrected chi connectivity index (χ4v) is 4.45. The first-order valence-electron chi connectivity index (χ1n) is 9.91. The third kappa shape index (κ3) is 4.60. The van der Waals surface area contributed by atoms with E-state index < -0.39 is 0 Å². The van der Waals surface area contributed by atoms with Gasteiger partial charge in [-0.1, -0.05) is 42.0 Å². The molecule has 0 radical (unpaired) electrons. The second kappa shape index (κ2) is 9.02. The molecule has 2 heterocycles. The van der Waals surface area contributed by atoms with Crippen molar-refractivity contribution < 1.29 is 4.79 Å². The van der Waals surface area contributed by atoms with Gasteiger partial charge in [0.2, 0.25) is 5.91 Å². The van der Waals surface area contributed by atoms with Crippen molar-refractivity contribution in [1.82, 2.24) is 14.9 Å². The van der Waals surface area contributed by atoms with Crippen molar-refractivity contribution in [3.63, 3.8) is 0 Å². The average molecular weight is 392 g/mol. The number of hydrogen-bond donors (Lipinski definition) is 1. The van der Waals surface area contributed by atoms with Gasteiger partial charge in [-0.15, -0.1) is 11.3 Å². The molecule has 3 aromatic rings. The van der Waals surface area contributed by atoms with Crippen LogP contribution in [0.15, 0.2) is 65.7 Å². The highest BCUT2D eigenvalue weighted by molar-refractivity contribution is 7.13. The summed E-state index contributed by atoms with van der Waals surface area (Å²) < 4.78 is 1.98. The van der Waals surface area contributed by atoms with Crippen LogP contribution in [0.3, 0.4) is 0 Å². The van der Waals surface area contributed by atoms with Crippen LogP contribution in [0.1, 0.15) is 32.1 Å². The molecule has 0 saturated heterocycles. The van der Waals surface area contributed by atoms with Crippen molar-refractivity contribution in [2.24, 2.45) is 0 Å². The molecule has 0 saturated carbocycles. The Morgan fingerprint density at radius 2 is 2.04 bits per heavy atom. The van der Waals surface area contributed by atoms with E-state index in [-0.39, 0.29) is 5.91 Å². The zero-order valence-corrected chi connectivity index (χ0v) is 16.8. The monoisotopic (exact) mass is 391 g/mol. The van der Waals surface area contributed by atoms with Gasteiger partial charge in [-0.05, 0) is 44.2 Å². The lowest BCUT2D eigenvalue weighted by molar-refractivity contribution is -0.121. The van der Waals surface area contributed by atoms with E-state index in [1.807, 2.05) is 41.1 Å². The maximum Gasteiger partial charge on any atom is 0.239 e. The highest BCUT2D eigenvalue weighted by atomic mass is 32.1. The molecule has 0 unspecified atom stereocenters. The van der Waals surface area contributed by atoms with Gasteiger partial charge in [-0.3, -0.25) is 4.79 Å². The molecule has 0 fully saturated rings. The van der Waals surface area contributed by atoms with Crippen LogP contribution in [-0.2, 0) is 11.3 Å². The number of nitrogens with zero attached hydrogens (tertiary/aromatic N) is 2. The van der Waals surface area contributed by atoms with E-state index in [2.05, 4.69) is 28.9 Å². The van der Waals surface area contributed by atoms with Gasteiger partial charge >= 0.3 is 0 Å². The van der Waals surface area contributed by atoms with E-state index in [4.69, 9.17) is 4.98 Å². The van der Waals surface area contributed by atoms with Crippen molar-refractivity contribution in [2.75, 3.05) is 6.54 Å². The summed E-state index contributed by atoms with van der Waals surface area (Å²) in [5.41, 5.74) is 4.55. The van der Waals surface area contributed by atoms with Crippen molar-refractivity contribution in [3.05, 3.63) is 65.7 Å².